The molecule has 3 rings (SSSR count). The average Bonchev–Trinajstić information content (AvgIpc) is 3.07. The average molecular weight is 365 g/mol. The lowest BCUT2D eigenvalue weighted by molar-refractivity contribution is -0.137. The molecule has 24 heavy (non-hydrogen) atoms. The van der Waals surface area contributed by atoms with Gasteiger partial charge in [0.05, 0.1) is 5.56 Å². The zero-order chi connectivity index (χ0) is 16.6. The van der Waals surface area contributed by atoms with Gasteiger partial charge in [0.1, 0.15) is 5.75 Å². The number of carbonyl (C=O) groups is 1. The summed E-state index contributed by atoms with van der Waals surface area (Å²) < 4.78 is 42.7. The second kappa shape index (κ2) is 7.19. The lowest BCUT2D eigenvalue weighted by Gasteiger charge is -2.19. The van der Waals surface area contributed by atoms with Crippen molar-refractivity contribution < 1.29 is 22.7 Å². The molecule has 8 heteroatoms. The third kappa shape index (κ3) is 3.95. The molecule has 1 aliphatic heterocycles. The maximum Gasteiger partial charge on any atom is 0.416 e. The normalized spacial score (nSPS) is 26.0. The van der Waals surface area contributed by atoms with E-state index in [1.54, 1.807) is 4.90 Å². The van der Waals surface area contributed by atoms with Crippen LogP contribution in [0.5, 0.6) is 5.75 Å². The predicted octanol–water partition coefficient (Wildman–Crippen LogP) is 2.70. The second-order valence-electron chi connectivity index (χ2n) is 6.27. The number of nitrogens with zero attached hydrogens (tertiary/aromatic N) is 1. The zero-order valence-corrected chi connectivity index (χ0v) is 13.8. The van der Waals surface area contributed by atoms with Crippen molar-refractivity contribution in [3.8, 4) is 5.75 Å². The minimum atomic E-state index is -4.37. The van der Waals surface area contributed by atoms with E-state index in [9.17, 15) is 18.0 Å². The van der Waals surface area contributed by atoms with Crippen LogP contribution in [0.25, 0.3) is 0 Å². The van der Waals surface area contributed by atoms with E-state index in [1.807, 2.05) is 0 Å². The van der Waals surface area contributed by atoms with Gasteiger partial charge in [-0.1, -0.05) is 0 Å². The SMILES string of the molecule is Cl.NC1CCC2CN(C(=O)COc3ccc(C(F)(F)F)cc3)CC12. The highest BCUT2D eigenvalue weighted by Crippen LogP contribution is 2.37. The number of benzene rings is 1. The molecule has 1 aromatic rings. The Bertz CT molecular complexity index is 580. The van der Waals surface area contributed by atoms with Gasteiger partial charge >= 0.3 is 6.18 Å². The monoisotopic (exact) mass is 364 g/mol. The Kier molecular flexibility index (Phi) is 5.65. The van der Waals surface area contributed by atoms with Crippen molar-refractivity contribution in [3.05, 3.63) is 29.8 Å². The fourth-order valence-corrected chi connectivity index (χ4v) is 3.49. The van der Waals surface area contributed by atoms with E-state index in [0.29, 0.717) is 24.9 Å². The first kappa shape index (κ1) is 18.9. The fourth-order valence-electron chi connectivity index (χ4n) is 3.49. The first-order valence-electron chi connectivity index (χ1n) is 7.68. The number of amides is 1. The number of fused-ring (bicyclic) bond motifs is 1. The number of ether oxygens (including phenoxy) is 1. The molecule has 0 spiro atoms. The molecule has 1 aromatic carbocycles. The maximum absolute atomic E-state index is 12.5. The van der Waals surface area contributed by atoms with Gasteiger partial charge in [0, 0.05) is 19.1 Å². The van der Waals surface area contributed by atoms with Crippen LogP contribution in [-0.2, 0) is 11.0 Å². The summed E-state index contributed by atoms with van der Waals surface area (Å²) >= 11 is 0. The lowest BCUT2D eigenvalue weighted by atomic mass is 9.98. The van der Waals surface area contributed by atoms with Crippen molar-refractivity contribution >= 4 is 18.3 Å². The molecule has 1 amide bonds. The Balaban J connectivity index is 0.00000208. The van der Waals surface area contributed by atoms with E-state index < -0.39 is 11.7 Å². The zero-order valence-electron chi connectivity index (χ0n) is 13.0. The van der Waals surface area contributed by atoms with Crippen molar-refractivity contribution in [2.24, 2.45) is 17.6 Å². The quantitative estimate of drug-likeness (QED) is 0.897. The second-order valence-corrected chi connectivity index (χ2v) is 6.27. The van der Waals surface area contributed by atoms with Gasteiger partial charge < -0.3 is 15.4 Å². The van der Waals surface area contributed by atoms with Crippen LogP contribution in [0.1, 0.15) is 18.4 Å². The molecule has 0 bridgehead atoms. The van der Waals surface area contributed by atoms with Crippen LogP contribution in [0.15, 0.2) is 24.3 Å². The van der Waals surface area contributed by atoms with Gasteiger partial charge in [-0.05, 0) is 48.9 Å². The summed E-state index contributed by atoms with van der Waals surface area (Å²) in [5.74, 6) is 0.943. The Labute approximate surface area is 144 Å². The highest BCUT2D eigenvalue weighted by molar-refractivity contribution is 5.85. The van der Waals surface area contributed by atoms with Gasteiger partial charge in [0.25, 0.3) is 5.91 Å². The smallest absolute Gasteiger partial charge is 0.416 e. The molecular formula is C16H20ClF3N2O2. The van der Waals surface area contributed by atoms with Crippen molar-refractivity contribution in [1.29, 1.82) is 0 Å². The van der Waals surface area contributed by atoms with Gasteiger partial charge in [-0.15, -0.1) is 12.4 Å². The van der Waals surface area contributed by atoms with Gasteiger partial charge in [0.15, 0.2) is 6.61 Å². The van der Waals surface area contributed by atoms with Crippen molar-refractivity contribution in [2.75, 3.05) is 19.7 Å². The van der Waals surface area contributed by atoms with E-state index in [2.05, 4.69) is 0 Å². The van der Waals surface area contributed by atoms with E-state index in [1.165, 1.54) is 12.1 Å². The molecule has 1 aliphatic carbocycles. The predicted molar refractivity (Wildman–Crippen MR) is 85.0 cm³/mol. The summed E-state index contributed by atoms with van der Waals surface area (Å²) in [5.41, 5.74) is 5.30. The Morgan fingerprint density at radius 3 is 2.46 bits per heavy atom. The standard InChI is InChI=1S/C16H19F3N2O2.ClH/c17-16(18,19)11-2-4-12(5-3-11)23-9-15(22)21-7-10-1-6-14(20)13(10)8-21;/h2-5,10,13-14H,1,6-9,20H2;1H. The minimum absolute atomic E-state index is 0. The summed E-state index contributed by atoms with van der Waals surface area (Å²) in [6.45, 7) is 1.19. The van der Waals surface area contributed by atoms with Gasteiger partial charge in [-0.25, -0.2) is 0 Å². The Morgan fingerprint density at radius 2 is 1.88 bits per heavy atom. The number of likely N-dealkylation sites (tertiary alicyclic amines) is 1. The van der Waals surface area contributed by atoms with Crippen LogP contribution in [0.3, 0.4) is 0 Å². The van der Waals surface area contributed by atoms with Gasteiger partial charge in [-0.2, -0.15) is 13.2 Å². The maximum atomic E-state index is 12.5. The Morgan fingerprint density at radius 1 is 1.21 bits per heavy atom. The van der Waals surface area contributed by atoms with Crippen molar-refractivity contribution in [1.82, 2.24) is 4.90 Å². The largest absolute Gasteiger partial charge is 0.484 e. The highest BCUT2D eigenvalue weighted by Gasteiger charge is 2.42. The fraction of sp³-hybridized carbons (Fsp3) is 0.562. The van der Waals surface area contributed by atoms with Crippen molar-refractivity contribution in [2.45, 2.75) is 25.1 Å². The number of alkyl halides is 3. The molecule has 2 aliphatic rings. The molecule has 1 heterocycles. The van der Waals surface area contributed by atoms with E-state index in [-0.39, 0.29) is 36.7 Å². The molecule has 2 N–H and O–H groups in total. The Hall–Kier alpha value is -1.47. The molecule has 3 atom stereocenters. The van der Waals surface area contributed by atoms with E-state index in [0.717, 1.165) is 25.0 Å². The third-order valence-electron chi connectivity index (χ3n) is 4.81. The molecular weight excluding hydrogens is 345 g/mol. The van der Waals surface area contributed by atoms with Crippen LogP contribution in [0, 0.1) is 11.8 Å². The lowest BCUT2D eigenvalue weighted by Crippen LogP contribution is -2.36. The number of rotatable bonds is 3. The number of halogens is 4. The van der Waals surface area contributed by atoms with Crippen LogP contribution >= 0.6 is 12.4 Å². The topological polar surface area (TPSA) is 55.6 Å². The summed E-state index contributed by atoms with van der Waals surface area (Å²) in [7, 11) is 0. The summed E-state index contributed by atoms with van der Waals surface area (Å²) in [4.78, 5) is 13.9. The first-order chi connectivity index (χ1) is 10.8. The number of carbonyl (C=O) groups excluding carboxylic acids is 1. The third-order valence-corrected chi connectivity index (χ3v) is 4.81. The van der Waals surface area contributed by atoms with Crippen molar-refractivity contribution in [3.63, 3.8) is 0 Å². The van der Waals surface area contributed by atoms with Crippen LogP contribution in [0.2, 0.25) is 0 Å². The molecule has 3 unspecified atom stereocenters. The molecule has 2 fully saturated rings. The van der Waals surface area contributed by atoms with Gasteiger partial charge in [0.2, 0.25) is 0 Å². The molecule has 1 saturated carbocycles. The van der Waals surface area contributed by atoms with E-state index in [4.69, 9.17) is 10.5 Å². The number of nitrogens with two attached hydrogens (primary N) is 1. The highest BCUT2D eigenvalue weighted by atomic mass is 35.5. The summed E-state index contributed by atoms with van der Waals surface area (Å²) in [6, 6.07) is 4.50. The molecule has 1 saturated heterocycles. The molecule has 0 radical (unpaired) electrons. The summed E-state index contributed by atoms with van der Waals surface area (Å²) in [5, 5.41) is 0. The van der Waals surface area contributed by atoms with Gasteiger partial charge in [-0.3, -0.25) is 4.79 Å². The molecule has 134 valence electrons. The van der Waals surface area contributed by atoms with Crippen LogP contribution in [-0.4, -0.2) is 36.5 Å². The summed E-state index contributed by atoms with van der Waals surface area (Å²) in [6.07, 6.45) is -2.31. The molecule has 0 aromatic heterocycles. The van der Waals surface area contributed by atoms with Crippen LogP contribution < -0.4 is 10.5 Å². The van der Waals surface area contributed by atoms with E-state index >= 15 is 0 Å². The number of hydrogen-bond acceptors (Lipinski definition) is 3. The molecule has 4 nitrogen and oxygen atoms in total. The number of hydrogen-bond donors (Lipinski definition) is 1. The minimum Gasteiger partial charge on any atom is -0.484 e. The first-order valence-corrected chi connectivity index (χ1v) is 7.68. The van der Waals surface area contributed by atoms with Crippen LogP contribution in [0.4, 0.5) is 13.2 Å².